The van der Waals surface area contributed by atoms with E-state index in [-0.39, 0.29) is 18.7 Å². The lowest BCUT2D eigenvalue weighted by Gasteiger charge is -2.24. The van der Waals surface area contributed by atoms with Crippen LogP contribution in [0.5, 0.6) is 0 Å². The van der Waals surface area contributed by atoms with Crippen molar-refractivity contribution in [3.05, 3.63) is 34.9 Å². The van der Waals surface area contributed by atoms with E-state index in [1.165, 1.54) is 42.4 Å². The number of aliphatic hydroxyl groups excluding tert-OH is 1. The summed E-state index contributed by atoms with van der Waals surface area (Å²) in [5.74, 6) is 0. The molecule has 0 bridgehead atoms. The third kappa shape index (κ3) is 4.05. The van der Waals surface area contributed by atoms with Crippen molar-refractivity contribution in [1.29, 1.82) is 0 Å². The van der Waals surface area contributed by atoms with Crippen molar-refractivity contribution in [1.82, 2.24) is 5.32 Å². The summed E-state index contributed by atoms with van der Waals surface area (Å²) >= 11 is 0. The van der Waals surface area contributed by atoms with Crippen molar-refractivity contribution < 1.29 is 9.84 Å². The summed E-state index contributed by atoms with van der Waals surface area (Å²) in [5, 5.41) is 12.7. The summed E-state index contributed by atoms with van der Waals surface area (Å²) in [7, 11) is 1.70. The van der Waals surface area contributed by atoms with E-state index in [2.05, 4.69) is 30.4 Å². The van der Waals surface area contributed by atoms with Crippen LogP contribution in [0.4, 0.5) is 0 Å². The van der Waals surface area contributed by atoms with Gasteiger partial charge < -0.3 is 15.2 Å². The fourth-order valence-electron chi connectivity index (χ4n) is 3.04. The van der Waals surface area contributed by atoms with Crippen LogP contribution in [0.15, 0.2) is 18.2 Å². The van der Waals surface area contributed by atoms with Crippen LogP contribution in [0.25, 0.3) is 0 Å². The number of nitrogens with one attached hydrogen (secondary N) is 1. The number of hydrogen-bond acceptors (Lipinski definition) is 3. The number of aryl methyl sites for hydroxylation is 2. The second-order valence-electron chi connectivity index (χ2n) is 5.79. The van der Waals surface area contributed by atoms with Crippen molar-refractivity contribution in [3.8, 4) is 0 Å². The smallest absolute Gasteiger partial charge is 0.0616 e. The number of ether oxygens (including phenoxy) is 1. The Bertz CT molecular complexity index is 413. The lowest BCUT2D eigenvalue weighted by atomic mass is 9.89. The molecule has 0 amide bonds. The van der Waals surface area contributed by atoms with Crippen LogP contribution in [0, 0.1) is 0 Å². The quantitative estimate of drug-likeness (QED) is 0.805. The Morgan fingerprint density at radius 2 is 2.00 bits per heavy atom. The van der Waals surface area contributed by atoms with Crippen molar-refractivity contribution in [2.45, 2.75) is 51.1 Å². The molecule has 3 nitrogen and oxygen atoms in total. The zero-order chi connectivity index (χ0) is 14.4. The van der Waals surface area contributed by atoms with E-state index < -0.39 is 0 Å². The minimum absolute atomic E-state index is 0.192. The maximum Gasteiger partial charge on any atom is 0.0616 e. The first-order valence-electron chi connectivity index (χ1n) is 7.72. The molecule has 0 aromatic heterocycles. The van der Waals surface area contributed by atoms with E-state index in [1.54, 1.807) is 7.11 Å². The van der Waals surface area contributed by atoms with Gasteiger partial charge in [0.1, 0.15) is 0 Å². The minimum Gasteiger partial charge on any atom is -0.396 e. The van der Waals surface area contributed by atoms with Crippen LogP contribution in [0.1, 0.15) is 48.9 Å². The molecule has 0 saturated heterocycles. The predicted molar refractivity (Wildman–Crippen MR) is 82.0 cm³/mol. The highest BCUT2D eigenvalue weighted by Gasteiger charge is 2.15. The highest BCUT2D eigenvalue weighted by molar-refractivity contribution is 5.35. The molecule has 1 aromatic carbocycles. The molecule has 2 rings (SSSR count). The lowest BCUT2D eigenvalue weighted by molar-refractivity contribution is 0.143. The fraction of sp³-hybridized carbons (Fsp3) is 0.647. The van der Waals surface area contributed by atoms with Gasteiger partial charge in [0.25, 0.3) is 0 Å². The number of aliphatic hydroxyl groups is 1. The number of benzene rings is 1. The van der Waals surface area contributed by atoms with Crippen molar-refractivity contribution in [2.24, 2.45) is 0 Å². The summed E-state index contributed by atoms with van der Waals surface area (Å²) in [4.78, 5) is 0. The molecule has 2 atom stereocenters. The van der Waals surface area contributed by atoms with E-state index in [9.17, 15) is 0 Å². The topological polar surface area (TPSA) is 41.5 Å². The van der Waals surface area contributed by atoms with Gasteiger partial charge in [0.2, 0.25) is 0 Å². The zero-order valence-corrected chi connectivity index (χ0v) is 12.7. The zero-order valence-electron chi connectivity index (χ0n) is 12.7. The summed E-state index contributed by atoms with van der Waals surface area (Å²) in [6, 6.07) is 7.38. The van der Waals surface area contributed by atoms with E-state index in [4.69, 9.17) is 9.84 Å². The van der Waals surface area contributed by atoms with E-state index >= 15 is 0 Å². The Morgan fingerprint density at radius 3 is 2.70 bits per heavy atom. The van der Waals surface area contributed by atoms with Crippen LogP contribution in [-0.2, 0) is 17.6 Å². The summed E-state index contributed by atoms with van der Waals surface area (Å²) < 4.78 is 5.21. The molecule has 112 valence electrons. The van der Waals surface area contributed by atoms with Gasteiger partial charge in [-0.15, -0.1) is 0 Å². The Morgan fingerprint density at radius 1 is 1.25 bits per heavy atom. The molecule has 2 unspecified atom stereocenters. The first-order chi connectivity index (χ1) is 9.74. The van der Waals surface area contributed by atoms with Gasteiger partial charge >= 0.3 is 0 Å². The largest absolute Gasteiger partial charge is 0.396 e. The molecular weight excluding hydrogens is 250 g/mol. The van der Waals surface area contributed by atoms with Gasteiger partial charge in [-0.25, -0.2) is 0 Å². The molecule has 0 saturated carbocycles. The van der Waals surface area contributed by atoms with Crippen molar-refractivity contribution >= 4 is 0 Å². The van der Waals surface area contributed by atoms with Gasteiger partial charge in [-0.2, -0.15) is 0 Å². The first-order valence-corrected chi connectivity index (χ1v) is 7.72. The van der Waals surface area contributed by atoms with E-state index in [0.29, 0.717) is 6.61 Å². The number of fused-ring (bicyclic) bond motifs is 1. The Hall–Kier alpha value is -0.900. The average molecular weight is 277 g/mol. The molecule has 1 aromatic rings. The third-order valence-corrected chi connectivity index (χ3v) is 4.20. The van der Waals surface area contributed by atoms with E-state index in [0.717, 1.165) is 6.42 Å². The molecule has 1 aliphatic carbocycles. The van der Waals surface area contributed by atoms with Crippen LogP contribution in [0.2, 0.25) is 0 Å². The molecular formula is C17H27NO2. The minimum atomic E-state index is 0.192. The molecule has 0 spiro atoms. The average Bonchev–Trinajstić information content (AvgIpc) is 2.47. The summed E-state index contributed by atoms with van der Waals surface area (Å²) in [6.07, 6.45) is 5.81. The SMILES string of the molecule is COCC(CCO)NC(C)c1ccc2c(c1)CCCC2. The molecule has 1 aliphatic rings. The molecule has 0 fully saturated rings. The summed E-state index contributed by atoms with van der Waals surface area (Å²) in [6.45, 7) is 3.01. The number of methoxy groups -OCH3 is 1. The number of rotatable bonds is 7. The molecule has 20 heavy (non-hydrogen) atoms. The lowest BCUT2D eigenvalue weighted by Crippen LogP contribution is -2.36. The Kier molecular flexibility index (Phi) is 6.02. The standard InChI is InChI=1S/C17H27NO2/c1-13(18-17(9-10-19)12-20-2)15-8-7-14-5-3-4-6-16(14)11-15/h7-8,11,13,17-19H,3-6,9-10,12H2,1-2H3. The Balaban J connectivity index is 2.02. The van der Waals surface area contributed by atoms with Gasteiger partial charge in [0.05, 0.1) is 6.61 Å². The Labute approximate surface area is 122 Å². The highest BCUT2D eigenvalue weighted by atomic mass is 16.5. The van der Waals surface area contributed by atoms with Gasteiger partial charge in [0.15, 0.2) is 0 Å². The predicted octanol–water partition coefficient (Wildman–Crippen LogP) is 2.61. The summed E-state index contributed by atoms with van der Waals surface area (Å²) in [5.41, 5.74) is 4.38. The van der Waals surface area contributed by atoms with Gasteiger partial charge in [-0.3, -0.25) is 0 Å². The molecule has 3 heteroatoms. The second-order valence-corrected chi connectivity index (χ2v) is 5.79. The second kappa shape index (κ2) is 7.77. The fourth-order valence-corrected chi connectivity index (χ4v) is 3.04. The molecule has 0 heterocycles. The van der Waals surface area contributed by atoms with Crippen molar-refractivity contribution in [3.63, 3.8) is 0 Å². The van der Waals surface area contributed by atoms with E-state index in [1.807, 2.05) is 0 Å². The monoisotopic (exact) mass is 277 g/mol. The third-order valence-electron chi connectivity index (χ3n) is 4.20. The normalized spacial score (nSPS) is 17.6. The molecule has 0 aliphatic heterocycles. The van der Waals surface area contributed by atoms with Crippen LogP contribution < -0.4 is 5.32 Å². The van der Waals surface area contributed by atoms with Crippen LogP contribution in [-0.4, -0.2) is 31.5 Å². The highest BCUT2D eigenvalue weighted by Crippen LogP contribution is 2.25. The van der Waals surface area contributed by atoms with Gasteiger partial charge in [-0.1, -0.05) is 18.2 Å². The first kappa shape index (κ1) is 15.5. The molecule has 0 radical (unpaired) electrons. The molecule has 2 N–H and O–H groups in total. The van der Waals surface area contributed by atoms with Gasteiger partial charge in [-0.05, 0) is 55.7 Å². The van der Waals surface area contributed by atoms with Crippen LogP contribution >= 0.6 is 0 Å². The van der Waals surface area contributed by atoms with Crippen LogP contribution in [0.3, 0.4) is 0 Å². The van der Waals surface area contributed by atoms with Crippen molar-refractivity contribution in [2.75, 3.05) is 20.3 Å². The maximum absolute atomic E-state index is 9.11. The number of hydrogen-bond donors (Lipinski definition) is 2. The van der Waals surface area contributed by atoms with Gasteiger partial charge in [0, 0.05) is 25.8 Å². The maximum atomic E-state index is 9.11.